The molecule has 0 saturated heterocycles. The third kappa shape index (κ3) is 2.36. The SMILES string of the molecule is NC1C(c2cccc(Br)c2-c2cc3ccccc3[nH]2)=Cc2ccccc21. The van der Waals surface area contributed by atoms with Crippen LogP contribution in [0.5, 0.6) is 0 Å². The van der Waals surface area contributed by atoms with Crippen LogP contribution in [0.25, 0.3) is 33.8 Å². The van der Waals surface area contributed by atoms with Gasteiger partial charge in [0.1, 0.15) is 0 Å². The Morgan fingerprint density at radius 1 is 0.885 bits per heavy atom. The summed E-state index contributed by atoms with van der Waals surface area (Å²) in [5, 5.41) is 1.21. The number of H-pyrrole nitrogens is 1. The molecule has 0 spiro atoms. The summed E-state index contributed by atoms with van der Waals surface area (Å²) in [4.78, 5) is 3.55. The van der Waals surface area contributed by atoms with Crippen LogP contribution in [-0.4, -0.2) is 4.98 Å². The summed E-state index contributed by atoms with van der Waals surface area (Å²) >= 11 is 3.76. The van der Waals surface area contributed by atoms with Gasteiger partial charge in [-0.1, -0.05) is 70.5 Å². The molecule has 126 valence electrons. The number of fused-ring (bicyclic) bond motifs is 2. The van der Waals surface area contributed by atoms with Crippen molar-refractivity contribution in [2.24, 2.45) is 5.73 Å². The van der Waals surface area contributed by atoms with E-state index in [0.717, 1.165) is 32.4 Å². The topological polar surface area (TPSA) is 41.8 Å². The Labute approximate surface area is 160 Å². The third-order valence-corrected chi connectivity index (χ3v) is 5.76. The van der Waals surface area contributed by atoms with Gasteiger partial charge in [-0.25, -0.2) is 0 Å². The fourth-order valence-corrected chi connectivity index (χ4v) is 4.42. The Hall–Kier alpha value is -2.62. The molecule has 1 aliphatic carbocycles. The summed E-state index contributed by atoms with van der Waals surface area (Å²) in [6.07, 6.45) is 2.22. The molecule has 0 radical (unpaired) electrons. The summed E-state index contributed by atoms with van der Waals surface area (Å²) in [5.74, 6) is 0. The molecule has 0 fully saturated rings. The van der Waals surface area contributed by atoms with Crippen molar-refractivity contribution in [3.05, 3.63) is 94.0 Å². The first-order valence-corrected chi connectivity index (χ1v) is 9.45. The van der Waals surface area contributed by atoms with Crippen molar-refractivity contribution in [1.82, 2.24) is 4.98 Å². The van der Waals surface area contributed by atoms with Crippen molar-refractivity contribution in [2.45, 2.75) is 6.04 Å². The maximum absolute atomic E-state index is 6.60. The molecule has 26 heavy (non-hydrogen) atoms. The molecule has 0 bridgehead atoms. The molecule has 3 aromatic carbocycles. The van der Waals surface area contributed by atoms with E-state index in [-0.39, 0.29) is 6.04 Å². The second-order valence-corrected chi connectivity index (χ2v) is 7.49. The zero-order valence-electron chi connectivity index (χ0n) is 14.0. The lowest BCUT2D eigenvalue weighted by molar-refractivity contribution is 0.949. The highest BCUT2D eigenvalue weighted by atomic mass is 79.9. The summed E-state index contributed by atoms with van der Waals surface area (Å²) in [7, 11) is 0. The summed E-state index contributed by atoms with van der Waals surface area (Å²) in [6.45, 7) is 0. The van der Waals surface area contributed by atoms with Crippen molar-refractivity contribution >= 4 is 38.5 Å². The van der Waals surface area contributed by atoms with Gasteiger partial charge < -0.3 is 10.7 Å². The van der Waals surface area contributed by atoms with Crippen LogP contribution >= 0.6 is 15.9 Å². The lowest BCUT2D eigenvalue weighted by Gasteiger charge is -2.16. The summed E-state index contributed by atoms with van der Waals surface area (Å²) in [6, 6.07) is 25.1. The molecule has 3 N–H and O–H groups in total. The number of aromatic nitrogens is 1. The number of benzene rings is 3. The molecule has 0 saturated carbocycles. The molecule has 0 amide bonds. The van der Waals surface area contributed by atoms with Crippen LogP contribution in [0.1, 0.15) is 22.7 Å². The van der Waals surface area contributed by atoms with E-state index in [1.165, 1.54) is 16.5 Å². The quantitative estimate of drug-likeness (QED) is 0.416. The zero-order valence-corrected chi connectivity index (χ0v) is 15.6. The summed E-state index contributed by atoms with van der Waals surface area (Å²) < 4.78 is 1.06. The zero-order chi connectivity index (χ0) is 17.7. The van der Waals surface area contributed by atoms with E-state index < -0.39 is 0 Å². The predicted molar refractivity (Wildman–Crippen MR) is 113 cm³/mol. The Balaban J connectivity index is 1.72. The van der Waals surface area contributed by atoms with Crippen LogP contribution in [0.3, 0.4) is 0 Å². The Morgan fingerprint density at radius 2 is 1.69 bits per heavy atom. The Kier molecular flexibility index (Phi) is 3.59. The second-order valence-electron chi connectivity index (χ2n) is 6.64. The normalized spacial score (nSPS) is 15.9. The lowest BCUT2D eigenvalue weighted by Crippen LogP contribution is -2.10. The van der Waals surface area contributed by atoms with Gasteiger partial charge >= 0.3 is 0 Å². The van der Waals surface area contributed by atoms with Crippen LogP contribution in [0, 0.1) is 0 Å². The van der Waals surface area contributed by atoms with Crippen molar-refractivity contribution < 1.29 is 0 Å². The van der Waals surface area contributed by atoms with Crippen LogP contribution < -0.4 is 5.73 Å². The monoisotopic (exact) mass is 400 g/mol. The van der Waals surface area contributed by atoms with Crippen molar-refractivity contribution in [3.8, 4) is 11.3 Å². The first-order valence-electron chi connectivity index (χ1n) is 8.65. The van der Waals surface area contributed by atoms with Gasteiger partial charge in [0.25, 0.3) is 0 Å². The Bertz CT molecular complexity index is 1140. The first-order chi connectivity index (χ1) is 12.7. The van der Waals surface area contributed by atoms with Gasteiger partial charge in [0.15, 0.2) is 0 Å². The molecule has 1 unspecified atom stereocenters. The number of hydrogen-bond donors (Lipinski definition) is 2. The number of para-hydroxylation sites is 1. The Morgan fingerprint density at radius 3 is 2.54 bits per heavy atom. The number of hydrogen-bond acceptors (Lipinski definition) is 1. The minimum absolute atomic E-state index is 0.108. The van der Waals surface area contributed by atoms with Gasteiger partial charge in [-0.3, -0.25) is 0 Å². The number of aromatic amines is 1. The number of rotatable bonds is 2. The second kappa shape index (κ2) is 5.97. The van der Waals surface area contributed by atoms with Gasteiger partial charge in [-0.2, -0.15) is 0 Å². The van der Waals surface area contributed by atoms with E-state index in [2.05, 4.69) is 99.8 Å². The van der Waals surface area contributed by atoms with Crippen molar-refractivity contribution in [2.75, 3.05) is 0 Å². The first kappa shape index (κ1) is 15.6. The van der Waals surface area contributed by atoms with E-state index >= 15 is 0 Å². The van der Waals surface area contributed by atoms with E-state index in [4.69, 9.17) is 5.73 Å². The average Bonchev–Trinajstić information content (AvgIpc) is 3.23. The maximum atomic E-state index is 6.60. The van der Waals surface area contributed by atoms with Gasteiger partial charge in [0.05, 0.1) is 6.04 Å². The number of nitrogens with two attached hydrogens (primary N) is 1. The van der Waals surface area contributed by atoms with E-state index in [1.807, 2.05) is 0 Å². The molecule has 2 nitrogen and oxygen atoms in total. The molecule has 1 aromatic heterocycles. The average molecular weight is 401 g/mol. The molecule has 4 aromatic rings. The molecular weight excluding hydrogens is 384 g/mol. The van der Waals surface area contributed by atoms with Crippen LogP contribution in [0.2, 0.25) is 0 Å². The van der Waals surface area contributed by atoms with Crippen LogP contribution in [-0.2, 0) is 0 Å². The van der Waals surface area contributed by atoms with E-state index in [0.29, 0.717) is 0 Å². The predicted octanol–water partition coefficient (Wildman–Crippen LogP) is 6.15. The summed E-state index contributed by atoms with van der Waals surface area (Å²) in [5.41, 5.74) is 14.7. The molecule has 3 heteroatoms. The van der Waals surface area contributed by atoms with Crippen LogP contribution in [0.15, 0.2) is 77.3 Å². The van der Waals surface area contributed by atoms with Gasteiger partial charge in [0, 0.05) is 26.6 Å². The molecular formula is C23H17BrN2. The third-order valence-electron chi connectivity index (χ3n) is 5.10. The minimum atomic E-state index is -0.108. The molecule has 5 rings (SSSR count). The maximum Gasteiger partial charge on any atom is 0.0563 e. The molecule has 1 atom stereocenters. The molecule has 1 aliphatic rings. The molecule has 1 heterocycles. The van der Waals surface area contributed by atoms with Crippen molar-refractivity contribution in [1.29, 1.82) is 0 Å². The smallest absolute Gasteiger partial charge is 0.0563 e. The standard InChI is InChI=1S/C23H17BrN2/c24-19-10-5-9-17(18-12-14-6-1-3-8-16(14)23(18)25)22(19)21-13-15-7-2-4-11-20(15)26-21/h1-13,23,26H,25H2. The van der Waals surface area contributed by atoms with Crippen molar-refractivity contribution in [3.63, 3.8) is 0 Å². The van der Waals surface area contributed by atoms with Crippen LogP contribution in [0.4, 0.5) is 0 Å². The van der Waals surface area contributed by atoms with E-state index in [9.17, 15) is 0 Å². The van der Waals surface area contributed by atoms with Gasteiger partial charge in [-0.05, 0) is 46.5 Å². The fourth-order valence-electron chi connectivity index (χ4n) is 3.84. The molecule has 0 aliphatic heterocycles. The largest absolute Gasteiger partial charge is 0.354 e. The number of halogens is 1. The van der Waals surface area contributed by atoms with Gasteiger partial charge in [-0.15, -0.1) is 0 Å². The fraction of sp³-hybridized carbons (Fsp3) is 0.0435. The minimum Gasteiger partial charge on any atom is -0.354 e. The highest BCUT2D eigenvalue weighted by Crippen LogP contribution is 2.44. The lowest BCUT2D eigenvalue weighted by atomic mass is 9.93. The van der Waals surface area contributed by atoms with E-state index in [1.54, 1.807) is 0 Å². The highest BCUT2D eigenvalue weighted by Gasteiger charge is 2.25. The number of nitrogens with one attached hydrogen (secondary N) is 1. The highest BCUT2D eigenvalue weighted by molar-refractivity contribution is 9.10. The van der Waals surface area contributed by atoms with Gasteiger partial charge in [0.2, 0.25) is 0 Å².